The van der Waals surface area contributed by atoms with E-state index in [-0.39, 0.29) is 40.1 Å². The molecule has 1 aliphatic carbocycles. The quantitative estimate of drug-likeness (QED) is 0.188. The third kappa shape index (κ3) is 4.50. The lowest BCUT2D eigenvalue weighted by atomic mass is 10.2. The molecule has 1 unspecified atom stereocenters. The van der Waals surface area contributed by atoms with Crippen LogP contribution in [-0.2, 0) is 6.54 Å². The number of halogens is 3. The Hall–Kier alpha value is -3.38. The smallest absolute Gasteiger partial charge is 0.354 e. The van der Waals surface area contributed by atoms with E-state index >= 15 is 0 Å². The summed E-state index contributed by atoms with van der Waals surface area (Å²) in [5.41, 5.74) is 2.61. The van der Waals surface area contributed by atoms with Crippen LogP contribution in [0.1, 0.15) is 35.7 Å². The van der Waals surface area contributed by atoms with Crippen molar-refractivity contribution < 1.29 is 14.1 Å². The summed E-state index contributed by atoms with van der Waals surface area (Å²) in [7, 11) is 0. The number of hydrogen-bond acceptors (Lipinski definition) is 8. The van der Waals surface area contributed by atoms with E-state index in [0.717, 1.165) is 18.4 Å². The first-order chi connectivity index (χ1) is 16.7. The van der Waals surface area contributed by atoms with Crippen molar-refractivity contribution in [2.24, 2.45) is 0 Å². The molecule has 11 nitrogen and oxygen atoms in total. The number of nitro groups is 1. The van der Waals surface area contributed by atoms with Gasteiger partial charge in [0.15, 0.2) is 17.0 Å². The van der Waals surface area contributed by atoms with Crippen molar-refractivity contribution in [1.29, 1.82) is 0 Å². The van der Waals surface area contributed by atoms with E-state index in [0.29, 0.717) is 22.5 Å². The van der Waals surface area contributed by atoms with Gasteiger partial charge >= 0.3 is 11.6 Å². The molecule has 4 heterocycles. The fourth-order valence-electron chi connectivity index (χ4n) is 3.85. The third-order valence-corrected chi connectivity index (χ3v) is 6.08. The lowest BCUT2D eigenvalue weighted by Gasteiger charge is -2.09. The van der Waals surface area contributed by atoms with Crippen LogP contribution < -0.4 is 4.74 Å². The summed E-state index contributed by atoms with van der Waals surface area (Å²) in [6.45, 7) is 2.91. The number of ether oxygens (including phenoxy) is 1. The molecular formula is C21H19Cl2FN8O3. The van der Waals surface area contributed by atoms with Crippen LogP contribution in [0.5, 0.6) is 5.88 Å². The zero-order valence-corrected chi connectivity index (χ0v) is 20.2. The Morgan fingerprint density at radius 3 is 2.74 bits per heavy atom. The standard InChI is InChI=1S/C21H19Cl2FN8O3/c1-10-5-15(11(2)25-6-10)31-16(12-3-4-12)17(32(33)34)20(29-31)35-9-13(24)8-30-19-14(18(22)28-30)7-26-21(23)27-19/h5-7,12-13H,3-4,8-9H2,1-2H3. The average Bonchev–Trinajstić information content (AvgIpc) is 3.51. The van der Waals surface area contributed by atoms with Gasteiger partial charge in [0.25, 0.3) is 0 Å². The highest BCUT2D eigenvalue weighted by atomic mass is 35.5. The Bertz CT molecular complexity index is 1450. The van der Waals surface area contributed by atoms with Crippen LogP contribution >= 0.6 is 23.2 Å². The van der Waals surface area contributed by atoms with E-state index in [1.807, 2.05) is 13.0 Å². The lowest BCUT2D eigenvalue weighted by Crippen LogP contribution is -2.21. The normalized spacial score (nSPS) is 14.4. The number of rotatable bonds is 8. The van der Waals surface area contributed by atoms with E-state index in [4.69, 9.17) is 27.9 Å². The van der Waals surface area contributed by atoms with Crippen LogP contribution in [-0.4, -0.2) is 52.2 Å². The fourth-order valence-corrected chi connectivity index (χ4v) is 4.21. The Labute approximate surface area is 208 Å². The zero-order valence-electron chi connectivity index (χ0n) is 18.7. The number of hydrogen-bond donors (Lipinski definition) is 0. The van der Waals surface area contributed by atoms with Gasteiger partial charge in [0.2, 0.25) is 5.28 Å². The molecule has 4 aromatic heterocycles. The second-order valence-electron chi connectivity index (χ2n) is 8.36. The number of nitrogens with zero attached hydrogens (tertiary/aromatic N) is 8. The Morgan fingerprint density at radius 1 is 1.26 bits per heavy atom. The van der Waals surface area contributed by atoms with E-state index in [9.17, 15) is 14.5 Å². The van der Waals surface area contributed by atoms with Gasteiger partial charge in [0.1, 0.15) is 12.3 Å². The molecule has 0 radical (unpaired) electrons. The van der Waals surface area contributed by atoms with Gasteiger partial charge in [-0.05, 0) is 49.9 Å². The molecule has 1 atom stereocenters. The lowest BCUT2D eigenvalue weighted by molar-refractivity contribution is -0.386. The van der Waals surface area contributed by atoms with Crippen molar-refractivity contribution in [3.05, 3.63) is 56.0 Å². The molecule has 0 spiro atoms. The topological polar surface area (TPSA) is 127 Å². The number of aromatic nitrogens is 7. The number of alkyl halides is 1. The monoisotopic (exact) mass is 520 g/mol. The van der Waals surface area contributed by atoms with Gasteiger partial charge in [0.05, 0.1) is 28.2 Å². The number of pyridine rings is 1. The highest BCUT2D eigenvalue weighted by Crippen LogP contribution is 2.48. The van der Waals surface area contributed by atoms with Crippen LogP contribution in [0.3, 0.4) is 0 Å². The van der Waals surface area contributed by atoms with Gasteiger partial charge in [-0.3, -0.25) is 15.1 Å². The molecule has 0 amide bonds. The highest BCUT2D eigenvalue weighted by Gasteiger charge is 2.40. The second kappa shape index (κ2) is 9.00. The molecule has 1 fully saturated rings. The molecule has 0 aromatic carbocycles. The maximum Gasteiger partial charge on any atom is 0.354 e. The first-order valence-corrected chi connectivity index (χ1v) is 11.5. The molecule has 14 heteroatoms. The first-order valence-electron chi connectivity index (χ1n) is 10.7. The molecule has 182 valence electrons. The molecule has 1 aliphatic rings. The van der Waals surface area contributed by atoms with Gasteiger partial charge in [-0.15, -0.1) is 5.10 Å². The van der Waals surface area contributed by atoms with Gasteiger partial charge in [-0.2, -0.15) is 10.1 Å². The van der Waals surface area contributed by atoms with Crippen molar-refractivity contribution in [2.75, 3.05) is 6.61 Å². The van der Waals surface area contributed by atoms with Gasteiger partial charge in [-0.25, -0.2) is 18.7 Å². The average molecular weight is 521 g/mol. The molecular weight excluding hydrogens is 502 g/mol. The zero-order chi connectivity index (χ0) is 24.9. The summed E-state index contributed by atoms with van der Waals surface area (Å²) in [5, 5.41) is 20.9. The van der Waals surface area contributed by atoms with Crippen LogP contribution in [0.4, 0.5) is 10.1 Å². The predicted octanol–water partition coefficient (Wildman–Crippen LogP) is 4.53. The van der Waals surface area contributed by atoms with E-state index < -0.39 is 17.7 Å². The maximum absolute atomic E-state index is 14.9. The second-order valence-corrected chi connectivity index (χ2v) is 9.05. The van der Waals surface area contributed by atoms with Crippen LogP contribution in [0.15, 0.2) is 18.5 Å². The van der Waals surface area contributed by atoms with Crippen molar-refractivity contribution in [3.63, 3.8) is 0 Å². The summed E-state index contributed by atoms with van der Waals surface area (Å²) in [5.74, 6) is -0.266. The minimum Gasteiger partial charge on any atom is -0.469 e. The number of aryl methyl sites for hydroxylation is 2. The van der Waals surface area contributed by atoms with Crippen molar-refractivity contribution in [1.82, 2.24) is 34.5 Å². The summed E-state index contributed by atoms with van der Waals surface area (Å²) < 4.78 is 23.3. The van der Waals surface area contributed by atoms with E-state index in [2.05, 4.69) is 25.1 Å². The van der Waals surface area contributed by atoms with Crippen LogP contribution in [0.2, 0.25) is 10.4 Å². The predicted molar refractivity (Wildman–Crippen MR) is 125 cm³/mol. The third-order valence-electron chi connectivity index (χ3n) is 5.62. The summed E-state index contributed by atoms with van der Waals surface area (Å²) in [6.07, 6.45) is 3.11. The Kier molecular flexibility index (Phi) is 6.01. The maximum atomic E-state index is 14.9. The van der Waals surface area contributed by atoms with E-state index in [1.165, 1.54) is 15.6 Å². The molecule has 0 aliphatic heterocycles. The molecule has 4 aromatic rings. The van der Waals surface area contributed by atoms with Crippen molar-refractivity contribution in [2.45, 2.75) is 45.3 Å². The minimum absolute atomic E-state index is 0.0247. The first kappa shape index (κ1) is 23.4. The minimum atomic E-state index is -1.60. The largest absolute Gasteiger partial charge is 0.469 e. The summed E-state index contributed by atoms with van der Waals surface area (Å²) >= 11 is 11.9. The number of fused-ring (bicyclic) bond motifs is 1. The van der Waals surface area contributed by atoms with Gasteiger partial charge in [-0.1, -0.05) is 11.6 Å². The van der Waals surface area contributed by atoms with Gasteiger partial charge < -0.3 is 4.74 Å². The summed E-state index contributed by atoms with van der Waals surface area (Å²) in [6, 6.07) is 1.85. The Balaban J connectivity index is 1.43. The molecule has 0 bridgehead atoms. The van der Waals surface area contributed by atoms with Crippen LogP contribution in [0.25, 0.3) is 16.7 Å². The van der Waals surface area contributed by atoms with Crippen LogP contribution in [0, 0.1) is 24.0 Å². The highest BCUT2D eigenvalue weighted by molar-refractivity contribution is 6.34. The van der Waals surface area contributed by atoms with Crippen molar-refractivity contribution >= 4 is 39.9 Å². The molecule has 1 saturated carbocycles. The van der Waals surface area contributed by atoms with E-state index in [1.54, 1.807) is 13.1 Å². The molecule has 0 N–H and O–H groups in total. The SMILES string of the molecule is Cc1cnc(C)c(-n2nc(OCC(F)Cn3nc(Cl)c4cnc(Cl)nc43)c([N+](=O)[O-])c2C2CC2)c1. The molecule has 35 heavy (non-hydrogen) atoms. The Morgan fingerprint density at radius 2 is 2.03 bits per heavy atom. The molecule has 0 saturated heterocycles. The molecule has 5 rings (SSSR count). The van der Waals surface area contributed by atoms with Crippen molar-refractivity contribution in [3.8, 4) is 11.6 Å². The van der Waals surface area contributed by atoms with Gasteiger partial charge in [0, 0.05) is 18.3 Å². The summed E-state index contributed by atoms with van der Waals surface area (Å²) in [4.78, 5) is 23.7. The fraction of sp³-hybridized carbons (Fsp3) is 0.381.